The average molecular weight is 328 g/mol. The third-order valence-electron chi connectivity index (χ3n) is 3.06. The Kier molecular flexibility index (Phi) is 5.71. The van der Waals surface area contributed by atoms with Crippen molar-refractivity contribution in [3.63, 3.8) is 0 Å². The molecule has 4 nitrogen and oxygen atoms in total. The summed E-state index contributed by atoms with van der Waals surface area (Å²) in [6.45, 7) is 5.71. The van der Waals surface area contributed by atoms with E-state index in [0.717, 1.165) is 10.4 Å². The highest BCUT2D eigenvalue weighted by Crippen LogP contribution is 2.13. The van der Waals surface area contributed by atoms with Gasteiger partial charge in [-0.1, -0.05) is 23.8 Å². The summed E-state index contributed by atoms with van der Waals surface area (Å²) >= 11 is 1.50. The summed E-state index contributed by atoms with van der Waals surface area (Å²) in [5, 5.41) is 7.44. The molecule has 0 aliphatic carbocycles. The first-order chi connectivity index (χ1) is 11.0. The van der Waals surface area contributed by atoms with E-state index >= 15 is 0 Å². The second-order valence-corrected chi connectivity index (χ2v) is 6.50. The molecule has 0 unspecified atom stereocenters. The van der Waals surface area contributed by atoms with Gasteiger partial charge in [0.15, 0.2) is 0 Å². The summed E-state index contributed by atoms with van der Waals surface area (Å²) in [6.07, 6.45) is 1.69. The maximum absolute atomic E-state index is 12.4. The highest BCUT2D eigenvalue weighted by Gasteiger charge is 2.15. The average Bonchev–Trinajstić information content (AvgIpc) is 2.99. The summed E-state index contributed by atoms with van der Waals surface area (Å²) in [6, 6.07) is 11.0. The second kappa shape index (κ2) is 7.74. The van der Waals surface area contributed by atoms with Crippen LogP contribution in [0, 0.1) is 6.92 Å². The Morgan fingerprint density at radius 1 is 1.13 bits per heavy atom. The van der Waals surface area contributed by atoms with Crippen molar-refractivity contribution in [2.75, 3.05) is 0 Å². The fourth-order valence-corrected chi connectivity index (χ4v) is 2.57. The zero-order valence-corrected chi connectivity index (χ0v) is 14.2. The van der Waals surface area contributed by atoms with Crippen LogP contribution in [0.15, 0.2) is 47.5 Å². The van der Waals surface area contributed by atoms with Crippen LogP contribution in [0.5, 0.6) is 0 Å². The lowest BCUT2D eigenvalue weighted by atomic mass is 10.1. The van der Waals surface area contributed by atoms with E-state index in [4.69, 9.17) is 0 Å². The quantitative estimate of drug-likeness (QED) is 0.827. The predicted octanol–water partition coefficient (Wildman–Crippen LogP) is 3.35. The molecule has 120 valence electrons. The van der Waals surface area contributed by atoms with Gasteiger partial charge in [-0.05, 0) is 50.4 Å². The van der Waals surface area contributed by atoms with Crippen molar-refractivity contribution in [3.05, 3.63) is 63.5 Å². The van der Waals surface area contributed by atoms with Gasteiger partial charge in [-0.15, -0.1) is 11.3 Å². The molecule has 1 heterocycles. The first-order valence-electron chi connectivity index (χ1n) is 7.40. The van der Waals surface area contributed by atoms with Gasteiger partial charge < -0.3 is 10.6 Å². The van der Waals surface area contributed by atoms with Crippen LogP contribution in [-0.2, 0) is 4.79 Å². The minimum Gasteiger partial charge on any atom is -0.349 e. The minimum absolute atomic E-state index is 0.00878. The minimum atomic E-state index is -0.299. The molecule has 2 amide bonds. The smallest absolute Gasteiger partial charge is 0.268 e. The molecule has 0 bridgehead atoms. The molecule has 5 heteroatoms. The van der Waals surface area contributed by atoms with Gasteiger partial charge in [0.05, 0.1) is 0 Å². The van der Waals surface area contributed by atoms with E-state index in [1.165, 1.54) is 11.3 Å². The van der Waals surface area contributed by atoms with Gasteiger partial charge in [-0.2, -0.15) is 0 Å². The first-order valence-corrected chi connectivity index (χ1v) is 8.28. The van der Waals surface area contributed by atoms with Crippen molar-refractivity contribution in [2.45, 2.75) is 26.8 Å². The Balaban J connectivity index is 2.21. The van der Waals surface area contributed by atoms with Crippen LogP contribution in [0.2, 0.25) is 0 Å². The first kappa shape index (κ1) is 17.0. The molecule has 0 aliphatic rings. The number of carbonyl (C=O) groups is 2. The van der Waals surface area contributed by atoms with Gasteiger partial charge in [0.2, 0.25) is 0 Å². The third-order valence-corrected chi connectivity index (χ3v) is 3.88. The summed E-state index contributed by atoms with van der Waals surface area (Å²) < 4.78 is 0. The summed E-state index contributed by atoms with van der Waals surface area (Å²) in [5.41, 5.74) is 1.84. The zero-order valence-electron chi connectivity index (χ0n) is 13.4. The molecule has 2 aromatic rings. The molecule has 0 fully saturated rings. The zero-order chi connectivity index (χ0) is 16.8. The summed E-state index contributed by atoms with van der Waals surface area (Å²) in [5.74, 6) is -0.597. The van der Waals surface area contributed by atoms with Gasteiger partial charge in [-0.25, -0.2) is 0 Å². The van der Waals surface area contributed by atoms with E-state index in [9.17, 15) is 9.59 Å². The normalized spacial score (nSPS) is 11.4. The number of carbonyl (C=O) groups excluding carboxylic acids is 2. The van der Waals surface area contributed by atoms with Crippen LogP contribution < -0.4 is 10.6 Å². The molecule has 0 saturated heterocycles. The number of hydrogen-bond acceptors (Lipinski definition) is 3. The Labute approximate surface area is 140 Å². The number of thiophene rings is 1. The molecular formula is C18H20N2O2S. The lowest BCUT2D eigenvalue weighted by Gasteiger charge is -2.13. The lowest BCUT2D eigenvalue weighted by Crippen LogP contribution is -2.38. The largest absolute Gasteiger partial charge is 0.349 e. The Morgan fingerprint density at radius 3 is 2.39 bits per heavy atom. The van der Waals surface area contributed by atoms with Gasteiger partial charge in [-0.3, -0.25) is 9.59 Å². The maximum atomic E-state index is 12.4. The van der Waals surface area contributed by atoms with Gasteiger partial charge in [0.25, 0.3) is 11.8 Å². The molecule has 1 aromatic heterocycles. The van der Waals surface area contributed by atoms with Gasteiger partial charge in [0, 0.05) is 16.5 Å². The van der Waals surface area contributed by atoms with E-state index in [2.05, 4.69) is 10.6 Å². The number of hydrogen-bond donors (Lipinski definition) is 2. The van der Waals surface area contributed by atoms with E-state index < -0.39 is 0 Å². The number of amides is 2. The summed E-state index contributed by atoms with van der Waals surface area (Å²) in [4.78, 5) is 25.6. The van der Waals surface area contributed by atoms with E-state index in [-0.39, 0.29) is 23.6 Å². The SMILES string of the molecule is Cc1ccc(C(=O)NC(=Cc2cccs2)C(=O)NC(C)C)cc1. The van der Waals surface area contributed by atoms with Gasteiger partial charge >= 0.3 is 0 Å². The molecule has 23 heavy (non-hydrogen) atoms. The molecule has 1 aromatic carbocycles. The number of nitrogens with one attached hydrogen (secondary N) is 2. The topological polar surface area (TPSA) is 58.2 Å². The molecule has 0 atom stereocenters. The number of rotatable bonds is 5. The fraction of sp³-hybridized carbons (Fsp3) is 0.222. The van der Waals surface area contributed by atoms with Crippen molar-refractivity contribution in [2.24, 2.45) is 0 Å². The number of aryl methyl sites for hydroxylation is 1. The van der Waals surface area contributed by atoms with Crippen LogP contribution in [0.3, 0.4) is 0 Å². The molecule has 0 spiro atoms. The van der Waals surface area contributed by atoms with Crippen LogP contribution >= 0.6 is 11.3 Å². The molecule has 2 rings (SSSR count). The maximum Gasteiger partial charge on any atom is 0.268 e. The molecule has 0 radical (unpaired) electrons. The molecule has 0 aliphatic heterocycles. The van der Waals surface area contributed by atoms with E-state index in [1.54, 1.807) is 18.2 Å². The standard InChI is InChI=1S/C18H20N2O2S/c1-12(2)19-18(22)16(11-15-5-4-10-23-15)20-17(21)14-8-6-13(3)7-9-14/h4-12H,1-3H3,(H,19,22)(H,20,21). The highest BCUT2D eigenvalue weighted by molar-refractivity contribution is 7.10. The Hall–Kier alpha value is -2.40. The summed E-state index contributed by atoms with van der Waals surface area (Å²) in [7, 11) is 0. The Morgan fingerprint density at radius 2 is 1.83 bits per heavy atom. The second-order valence-electron chi connectivity index (χ2n) is 5.52. The molecule has 2 N–H and O–H groups in total. The van der Waals surface area contributed by atoms with E-state index in [1.807, 2.05) is 50.4 Å². The fourth-order valence-electron chi connectivity index (χ4n) is 1.91. The van der Waals surface area contributed by atoms with Gasteiger partial charge in [0.1, 0.15) is 5.70 Å². The van der Waals surface area contributed by atoms with Crippen molar-refractivity contribution in [1.29, 1.82) is 0 Å². The molecular weight excluding hydrogens is 308 g/mol. The van der Waals surface area contributed by atoms with Crippen molar-refractivity contribution < 1.29 is 9.59 Å². The van der Waals surface area contributed by atoms with Crippen molar-refractivity contribution in [1.82, 2.24) is 10.6 Å². The Bertz CT molecular complexity index is 701. The van der Waals surface area contributed by atoms with Crippen LogP contribution in [-0.4, -0.2) is 17.9 Å². The third kappa shape index (κ3) is 5.07. The molecule has 0 saturated carbocycles. The van der Waals surface area contributed by atoms with Crippen LogP contribution in [0.4, 0.5) is 0 Å². The lowest BCUT2D eigenvalue weighted by molar-refractivity contribution is -0.118. The van der Waals surface area contributed by atoms with E-state index in [0.29, 0.717) is 5.56 Å². The predicted molar refractivity (Wildman–Crippen MR) is 94.2 cm³/mol. The monoisotopic (exact) mass is 328 g/mol. The van der Waals surface area contributed by atoms with Crippen LogP contribution in [0.25, 0.3) is 6.08 Å². The van der Waals surface area contributed by atoms with Crippen molar-refractivity contribution >= 4 is 29.2 Å². The van der Waals surface area contributed by atoms with Crippen molar-refractivity contribution in [3.8, 4) is 0 Å². The highest BCUT2D eigenvalue weighted by atomic mass is 32.1. The van der Waals surface area contributed by atoms with Crippen LogP contribution in [0.1, 0.15) is 34.6 Å². The number of benzene rings is 1.